The van der Waals surface area contributed by atoms with Gasteiger partial charge in [-0.15, -0.1) is 11.8 Å². The van der Waals surface area contributed by atoms with Gasteiger partial charge < -0.3 is 4.74 Å². The van der Waals surface area contributed by atoms with Gasteiger partial charge in [-0.05, 0) is 29.8 Å². The molecule has 7 heteroatoms. The van der Waals surface area contributed by atoms with Crippen LogP contribution in [0.5, 0.6) is 5.75 Å². The molecule has 2 aromatic rings. The number of hydrazine groups is 1. The van der Waals surface area contributed by atoms with E-state index in [2.05, 4.69) is 10.4 Å². The number of carbonyl (C=O) groups is 2. The summed E-state index contributed by atoms with van der Waals surface area (Å²) in [6.07, 6.45) is 3.08. The highest BCUT2D eigenvalue weighted by Crippen LogP contribution is 2.37. The van der Waals surface area contributed by atoms with Crippen LogP contribution in [0.15, 0.2) is 48.8 Å². The molecule has 2 heterocycles. The zero-order valence-electron chi connectivity index (χ0n) is 12.4. The standard InChI is InChI=1S/C16H15N3O3S/c1-22-13-4-2-12(3-5-13)16-19(14(20)10-23-16)18-15(21)11-6-8-17-9-7-11/h2-9,16H,10H2,1H3,(H,18,21)/t16-/m1/s1. The molecule has 1 aliphatic heterocycles. The lowest BCUT2D eigenvalue weighted by atomic mass is 10.2. The number of hydrogen-bond acceptors (Lipinski definition) is 5. The van der Waals surface area contributed by atoms with Gasteiger partial charge in [0, 0.05) is 18.0 Å². The zero-order chi connectivity index (χ0) is 16.2. The van der Waals surface area contributed by atoms with Crippen molar-refractivity contribution in [3.05, 3.63) is 59.9 Å². The van der Waals surface area contributed by atoms with Gasteiger partial charge in [-0.3, -0.25) is 20.0 Å². The maximum atomic E-state index is 12.3. The van der Waals surface area contributed by atoms with Crippen molar-refractivity contribution in [3.8, 4) is 5.75 Å². The normalized spacial score (nSPS) is 17.2. The van der Waals surface area contributed by atoms with Crippen molar-refractivity contribution >= 4 is 23.6 Å². The summed E-state index contributed by atoms with van der Waals surface area (Å²) in [5, 5.41) is 1.13. The number of thioether (sulfide) groups is 1. The monoisotopic (exact) mass is 329 g/mol. The molecule has 0 aliphatic carbocycles. The topological polar surface area (TPSA) is 71.5 Å². The number of amides is 2. The summed E-state index contributed by atoms with van der Waals surface area (Å²) in [5.74, 6) is 0.614. The molecule has 0 bridgehead atoms. The quantitative estimate of drug-likeness (QED) is 0.929. The Labute approximate surface area is 137 Å². The lowest BCUT2D eigenvalue weighted by molar-refractivity contribution is -0.130. The molecule has 0 saturated carbocycles. The Balaban J connectivity index is 1.78. The van der Waals surface area contributed by atoms with Crippen molar-refractivity contribution in [2.45, 2.75) is 5.37 Å². The van der Waals surface area contributed by atoms with Crippen LogP contribution in [-0.2, 0) is 4.79 Å². The molecule has 6 nitrogen and oxygen atoms in total. The Morgan fingerprint density at radius 2 is 1.96 bits per heavy atom. The van der Waals surface area contributed by atoms with Gasteiger partial charge in [0.25, 0.3) is 11.8 Å². The molecule has 118 valence electrons. The highest BCUT2D eigenvalue weighted by molar-refractivity contribution is 8.00. The Morgan fingerprint density at radius 3 is 2.61 bits per heavy atom. The first-order chi connectivity index (χ1) is 11.2. The Bertz CT molecular complexity index is 706. The SMILES string of the molecule is COc1ccc([C@H]2SCC(=O)N2NC(=O)c2ccncc2)cc1. The summed E-state index contributed by atoms with van der Waals surface area (Å²) in [6.45, 7) is 0. The van der Waals surface area contributed by atoms with Crippen molar-refractivity contribution in [1.29, 1.82) is 0 Å². The number of benzene rings is 1. The van der Waals surface area contributed by atoms with Crippen LogP contribution in [0.3, 0.4) is 0 Å². The molecule has 1 aliphatic rings. The summed E-state index contributed by atoms with van der Waals surface area (Å²) < 4.78 is 5.14. The highest BCUT2D eigenvalue weighted by Gasteiger charge is 2.34. The average Bonchev–Trinajstić information content (AvgIpc) is 2.96. The first kappa shape index (κ1) is 15.4. The third-order valence-electron chi connectivity index (χ3n) is 3.43. The zero-order valence-corrected chi connectivity index (χ0v) is 13.2. The Kier molecular flexibility index (Phi) is 4.47. The van der Waals surface area contributed by atoms with Gasteiger partial charge in [-0.2, -0.15) is 0 Å². The summed E-state index contributed by atoms with van der Waals surface area (Å²) >= 11 is 1.47. The summed E-state index contributed by atoms with van der Waals surface area (Å²) in [6, 6.07) is 10.7. The van der Waals surface area contributed by atoms with E-state index in [9.17, 15) is 9.59 Å². The van der Waals surface area contributed by atoms with Crippen LogP contribution in [0.2, 0.25) is 0 Å². The fourth-order valence-corrected chi connectivity index (χ4v) is 3.35. The Morgan fingerprint density at radius 1 is 1.26 bits per heavy atom. The third-order valence-corrected chi connectivity index (χ3v) is 4.65. The summed E-state index contributed by atoms with van der Waals surface area (Å²) in [5.41, 5.74) is 4.07. The van der Waals surface area contributed by atoms with E-state index in [4.69, 9.17) is 4.74 Å². The fourth-order valence-electron chi connectivity index (χ4n) is 2.24. The van der Waals surface area contributed by atoms with E-state index >= 15 is 0 Å². The molecular weight excluding hydrogens is 314 g/mol. The van der Waals surface area contributed by atoms with E-state index in [0.717, 1.165) is 11.3 Å². The van der Waals surface area contributed by atoms with E-state index < -0.39 is 0 Å². The lowest BCUT2D eigenvalue weighted by Crippen LogP contribution is -2.44. The number of rotatable bonds is 4. The van der Waals surface area contributed by atoms with Gasteiger partial charge in [0.05, 0.1) is 12.9 Å². The predicted octanol–water partition coefficient (Wildman–Crippen LogP) is 2.01. The molecule has 2 amide bonds. The molecule has 0 spiro atoms. The minimum Gasteiger partial charge on any atom is -0.497 e. The minimum atomic E-state index is -0.332. The van der Waals surface area contributed by atoms with Crippen molar-refractivity contribution < 1.29 is 14.3 Å². The summed E-state index contributed by atoms with van der Waals surface area (Å²) in [7, 11) is 1.60. The smallest absolute Gasteiger partial charge is 0.270 e. The molecule has 1 N–H and O–H groups in total. The second-order valence-corrected chi connectivity index (χ2v) is 5.95. The van der Waals surface area contributed by atoms with Crippen LogP contribution in [0, 0.1) is 0 Å². The molecule has 1 saturated heterocycles. The van der Waals surface area contributed by atoms with Gasteiger partial charge in [0.15, 0.2) is 0 Å². The van der Waals surface area contributed by atoms with Crippen LogP contribution in [-0.4, -0.2) is 34.7 Å². The van der Waals surface area contributed by atoms with Crippen molar-refractivity contribution in [3.63, 3.8) is 0 Å². The minimum absolute atomic E-state index is 0.127. The number of carbonyl (C=O) groups excluding carboxylic acids is 2. The molecular formula is C16H15N3O3S. The highest BCUT2D eigenvalue weighted by atomic mass is 32.2. The molecule has 3 rings (SSSR count). The number of hydrogen-bond donors (Lipinski definition) is 1. The maximum absolute atomic E-state index is 12.3. The fraction of sp³-hybridized carbons (Fsp3) is 0.188. The molecule has 1 aromatic heterocycles. The van der Waals surface area contributed by atoms with E-state index in [1.807, 2.05) is 24.3 Å². The Hall–Kier alpha value is -2.54. The van der Waals surface area contributed by atoms with Crippen LogP contribution in [0.1, 0.15) is 21.3 Å². The molecule has 23 heavy (non-hydrogen) atoms. The van der Waals surface area contributed by atoms with Crippen LogP contribution in [0.25, 0.3) is 0 Å². The van der Waals surface area contributed by atoms with Crippen LogP contribution < -0.4 is 10.2 Å². The number of nitrogens with zero attached hydrogens (tertiary/aromatic N) is 2. The van der Waals surface area contributed by atoms with E-state index in [1.165, 1.54) is 29.2 Å². The molecule has 1 aromatic carbocycles. The largest absolute Gasteiger partial charge is 0.497 e. The average molecular weight is 329 g/mol. The number of methoxy groups -OCH3 is 1. The van der Waals surface area contributed by atoms with Crippen LogP contribution in [0.4, 0.5) is 0 Å². The number of nitrogens with one attached hydrogen (secondary N) is 1. The number of pyridine rings is 1. The van der Waals surface area contributed by atoms with Gasteiger partial charge in [0.1, 0.15) is 11.1 Å². The number of ether oxygens (including phenoxy) is 1. The van der Waals surface area contributed by atoms with Gasteiger partial charge in [-0.25, -0.2) is 5.01 Å². The van der Waals surface area contributed by atoms with Gasteiger partial charge in [-0.1, -0.05) is 12.1 Å². The molecule has 0 unspecified atom stereocenters. The second kappa shape index (κ2) is 6.70. The molecule has 1 atom stereocenters. The van der Waals surface area contributed by atoms with E-state index in [-0.39, 0.29) is 17.2 Å². The third kappa shape index (κ3) is 3.29. The number of aromatic nitrogens is 1. The lowest BCUT2D eigenvalue weighted by Gasteiger charge is -2.24. The summed E-state index contributed by atoms with van der Waals surface area (Å²) in [4.78, 5) is 28.2. The first-order valence-electron chi connectivity index (χ1n) is 6.97. The second-order valence-electron chi connectivity index (χ2n) is 4.88. The van der Waals surface area contributed by atoms with E-state index in [1.54, 1.807) is 19.2 Å². The van der Waals surface area contributed by atoms with Gasteiger partial charge >= 0.3 is 0 Å². The predicted molar refractivity (Wildman–Crippen MR) is 86.7 cm³/mol. The van der Waals surface area contributed by atoms with Gasteiger partial charge in [0.2, 0.25) is 0 Å². The van der Waals surface area contributed by atoms with Crippen LogP contribution >= 0.6 is 11.8 Å². The van der Waals surface area contributed by atoms with Crippen molar-refractivity contribution in [2.24, 2.45) is 0 Å². The van der Waals surface area contributed by atoms with Crippen molar-refractivity contribution in [1.82, 2.24) is 15.4 Å². The molecule has 1 fully saturated rings. The molecule has 0 radical (unpaired) electrons. The van der Waals surface area contributed by atoms with Crippen molar-refractivity contribution in [2.75, 3.05) is 12.9 Å². The first-order valence-corrected chi connectivity index (χ1v) is 8.02. The maximum Gasteiger partial charge on any atom is 0.270 e. The van der Waals surface area contributed by atoms with E-state index in [0.29, 0.717) is 11.3 Å².